The Bertz CT molecular complexity index is 707. The number of rotatable bonds is 3. The van der Waals surface area contributed by atoms with Crippen molar-refractivity contribution in [2.75, 3.05) is 18.2 Å². The van der Waals surface area contributed by atoms with Gasteiger partial charge < -0.3 is 15.8 Å². The lowest BCUT2D eigenvalue weighted by Gasteiger charge is -2.11. The minimum atomic E-state index is -1.32. The average Bonchev–Trinajstić information content (AvgIpc) is 2.46. The lowest BCUT2D eigenvalue weighted by molar-refractivity contribution is 0.0602. The van der Waals surface area contributed by atoms with Crippen LogP contribution in [0.2, 0.25) is 0 Å². The molecule has 5 nitrogen and oxygen atoms in total. The number of nitrogen functional groups attached to an aromatic ring is 1. The second kappa shape index (κ2) is 5.70. The maximum Gasteiger partial charge on any atom is 0.340 e. The van der Waals surface area contributed by atoms with E-state index < -0.39 is 23.4 Å². The number of carbonyl (C=O) groups excluding carboxylic acids is 1. The molecule has 1 heterocycles. The Labute approximate surface area is 117 Å². The molecule has 0 bridgehead atoms. The number of pyridine rings is 1. The molecule has 3 N–H and O–H groups in total. The molecule has 1 aromatic heterocycles. The number of nitrogens with zero attached hydrogens (tertiary/aromatic N) is 1. The van der Waals surface area contributed by atoms with Gasteiger partial charge in [0.15, 0.2) is 17.5 Å². The molecule has 0 aliphatic carbocycles. The highest BCUT2D eigenvalue weighted by atomic mass is 19.2. The van der Waals surface area contributed by atoms with Gasteiger partial charge in [-0.2, -0.15) is 0 Å². The molecule has 8 heteroatoms. The number of nitrogens with one attached hydrogen (secondary N) is 1. The predicted molar refractivity (Wildman–Crippen MR) is 69.6 cm³/mol. The van der Waals surface area contributed by atoms with Crippen LogP contribution in [0.5, 0.6) is 0 Å². The fourth-order valence-corrected chi connectivity index (χ4v) is 1.61. The molecule has 0 atom stereocenters. The van der Waals surface area contributed by atoms with Crippen molar-refractivity contribution in [3.63, 3.8) is 0 Å². The smallest absolute Gasteiger partial charge is 0.340 e. The van der Waals surface area contributed by atoms with E-state index in [1.807, 2.05) is 0 Å². The third-order valence-electron chi connectivity index (χ3n) is 2.66. The van der Waals surface area contributed by atoms with Crippen LogP contribution < -0.4 is 11.1 Å². The predicted octanol–water partition coefficient (Wildman–Crippen LogP) is 2.61. The largest absolute Gasteiger partial charge is 0.465 e. The van der Waals surface area contributed by atoms with Gasteiger partial charge in [-0.25, -0.2) is 22.9 Å². The van der Waals surface area contributed by atoms with Crippen molar-refractivity contribution in [1.82, 2.24) is 4.98 Å². The number of benzene rings is 1. The van der Waals surface area contributed by atoms with Gasteiger partial charge in [-0.05, 0) is 6.07 Å². The van der Waals surface area contributed by atoms with E-state index in [4.69, 9.17) is 5.73 Å². The van der Waals surface area contributed by atoms with Crippen LogP contribution in [0.15, 0.2) is 24.4 Å². The van der Waals surface area contributed by atoms with Crippen LogP contribution in [-0.2, 0) is 4.74 Å². The maximum absolute atomic E-state index is 13.5. The standard InChI is InChI=1S/C13H10F3N3O2/c1-21-13(20)6-2-3-18-12(11(6)17)19-10-5-8(15)7(14)4-9(10)16/h2-5H,17H2,1H3,(H,18,19). The first kappa shape index (κ1) is 14.6. The van der Waals surface area contributed by atoms with E-state index in [-0.39, 0.29) is 22.8 Å². The van der Waals surface area contributed by atoms with E-state index in [0.29, 0.717) is 12.1 Å². The summed E-state index contributed by atoms with van der Waals surface area (Å²) in [5, 5.41) is 2.40. The van der Waals surface area contributed by atoms with Gasteiger partial charge in [-0.1, -0.05) is 0 Å². The van der Waals surface area contributed by atoms with Crippen molar-refractivity contribution >= 4 is 23.2 Å². The summed E-state index contributed by atoms with van der Waals surface area (Å²) in [5.41, 5.74) is 5.25. The van der Waals surface area contributed by atoms with Crippen LogP contribution >= 0.6 is 0 Å². The molecule has 0 unspecified atom stereocenters. The zero-order valence-electron chi connectivity index (χ0n) is 10.8. The van der Waals surface area contributed by atoms with Gasteiger partial charge in [-0.3, -0.25) is 0 Å². The molecule has 110 valence electrons. The van der Waals surface area contributed by atoms with Gasteiger partial charge >= 0.3 is 5.97 Å². The lowest BCUT2D eigenvalue weighted by atomic mass is 10.2. The molecule has 0 aliphatic rings. The number of carbonyl (C=O) groups is 1. The highest BCUT2D eigenvalue weighted by Crippen LogP contribution is 2.27. The third kappa shape index (κ3) is 2.88. The number of ether oxygens (including phenoxy) is 1. The molecule has 0 fully saturated rings. The van der Waals surface area contributed by atoms with Crippen LogP contribution in [-0.4, -0.2) is 18.1 Å². The quantitative estimate of drug-likeness (QED) is 0.672. The van der Waals surface area contributed by atoms with Crippen molar-refractivity contribution in [2.45, 2.75) is 0 Å². The molecule has 2 rings (SSSR count). The first-order chi connectivity index (χ1) is 9.93. The minimum absolute atomic E-state index is 0.0120. The first-order valence-corrected chi connectivity index (χ1v) is 5.68. The minimum Gasteiger partial charge on any atom is -0.465 e. The third-order valence-corrected chi connectivity index (χ3v) is 2.66. The summed E-state index contributed by atoms with van der Waals surface area (Å²) in [4.78, 5) is 15.3. The lowest BCUT2D eigenvalue weighted by Crippen LogP contribution is -2.09. The Balaban J connectivity index is 2.41. The highest BCUT2D eigenvalue weighted by molar-refractivity contribution is 5.97. The number of nitrogens with two attached hydrogens (primary N) is 1. The zero-order chi connectivity index (χ0) is 15.6. The molecular weight excluding hydrogens is 287 g/mol. The van der Waals surface area contributed by atoms with E-state index in [9.17, 15) is 18.0 Å². The molecule has 0 spiro atoms. The molecule has 1 aromatic carbocycles. The topological polar surface area (TPSA) is 77.2 Å². The number of methoxy groups -OCH3 is 1. The number of aromatic nitrogens is 1. The molecule has 0 amide bonds. The van der Waals surface area contributed by atoms with Gasteiger partial charge in [-0.15, -0.1) is 0 Å². The number of hydrogen-bond acceptors (Lipinski definition) is 5. The number of esters is 1. The first-order valence-electron chi connectivity index (χ1n) is 5.68. The highest BCUT2D eigenvalue weighted by Gasteiger charge is 2.16. The van der Waals surface area contributed by atoms with Crippen molar-refractivity contribution in [3.8, 4) is 0 Å². The molecular formula is C13H10F3N3O2. The van der Waals surface area contributed by atoms with E-state index in [1.54, 1.807) is 0 Å². The summed E-state index contributed by atoms with van der Waals surface area (Å²) in [6.07, 6.45) is 1.24. The van der Waals surface area contributed by atoms with E-state index in [0.717, 1.165) is 0 Å². The van der Waals surface area contributed by atoms with Crippen LogP contribution in [0.25, 0.3) is 0 Å². The summed E-state index contributed by atoms with van der Waals surface area (Å²) in [5.74, 6) is -4.37. The molecule has 0 aliphatic heterocycles. The van der Waals surface area contributed by atoms with Crippen molar-refractivity contribution in [3.05, 3.63) is 47.4 Å². The second-order valence-electron chi connectivity index (χ2n) is 3.98. The molecule has 0 saturated carbocycles. The van der Waals surface area contributed by atoms with Crippen molar-refractivity contribution < 1.29 is 22.7 Å². The SMILES string of the molecule is COC(=O)c1ccnc(Nc2cc(F)c(F)cc2F)c1N. The van der Waals surface area contributed by atoms with Crippen LogP contribution in [0.1, 0.15) is 10.4 Å². The van der Waals surface area contributed by atoms with Gasteiger partial charge in [0.05, 0.1) is 24.0 Å². The van der Waals surface area contributed by atoms with Crippen LogP contribution in [0, 0.1) is 17.5 Å². The number of halogens is 3. The van der Waals surface area contributed by atoms with Crippen molar-refractivity contribution in [1.29, 1.82) is 0 Å². The Morgan fingerprint density at radius 1 is 1.24 bits per heavy atom. The van der Waals surface area contributed by atoms with Gasteiger partial charge in [0.25, 0.3) is 0 Å². The fraction of sp³-hybridized carbons (Fsp3) is 0.0769. The number of anilines is 3. The fourth-order valence-electron chi connectivity index (χ4n) is 1.61. The molecule has 0 saturated heterocycles. The van der Waals surface area contributed by atoms with E-state index in [1.165, 1.54) is 19.4 Å². The molecule has 0 radical (unpaired) electrons. The molecule has 2 aromatic rings. The van der Waals surface area contributed by atoms with Gasteiger partial charge in [0.2, 0.25) is 0 Å². The van der Waals surface area contributed by atoms with E-state index >= 15 is 0 Å². The average molecular weight is 297 g/mol. The Kier molecular flexibility index (Phi) is 3.97. The summed E-state index contributed by atoms with van der Waals surface area (Å²) >= 11 is 0. The van der Waals surface area contributed by atoms with Crippen molar-refractivity contribution in [2.24, 2.45) is 0 Å². The number of hydrogen-bond donors (Lipinski definition) is 2. The normalized spacial score (nSPS) is 10.3. The summed E-state index contributed by atoms with van der Waals surface area (Å²) in [7, 11) is 1.17. The monoisotopic (exact) mass is 297 g/mol. The van der Waals surface area contributed by atoms with E-state index in [2.05, 4.69) is 15.0 Å². The maximum atomic E-state index is 13.5. The molecule has 21 heavy (non-hydrogen) atoms. The second-order valence-corrected chi connectivity index (χ2v) is 3.98. The Morgan fingerprint density at radius 2 is 1.90 bits per heavy atom. The Hall–Kier alpha value is -2.77. The zero-order valence-corrected chi connectivity index (χ0v) is 10.8. The van der Waals surface area contributed by atoms with Gasteiger partial charge in [0, 0.05) is 18.3 Å². The van der Waals surface area contributed by atoms with Gasteiger partial charge in [0.1, 0.15) is 5.82 Å². The summed E-state index contributed by atoms with van der Waals surface area (Å²) < 4.78 is 44.0. The van der Waals surface area contributed by atoms with Crippen LogP contribution in [0.3, 0.4) is 0 Å². The Morgan fingerprint density at radius 3 is 2.57 bits per heavy atom. The van der Waals surface area contributed by atoms with Crippen LogP contribution in [0.4, 0.5) is 30.4 Å². The summed E-state index contributed by atoms with van der Waals surface area (Å²) in [6.45, 7) is 0. The summed E-state index contributed by atoms with van der Waals surface area (Å²) in [6, 6.07) is 2.32.